The molecule has 0 spiro atoms. The van der Waals surface area contributed by atoms with Crippen molar-refractivity contribution in [1.29, 1.82) is 0 Å². The number of hydrogen-bond acceptors (Lipinski definition) is 4. The van der Waals surface area contributed by atoms with E-state index in [2.05, 4.69) is 42.5 Å². The molecule has 1 aromatic heterocycles. The number of amides is 1. The first-order valence-electron chi connectivity index (χ1n) is 14.3. The van der Waals surface area contributed by atoms with Gasteiger partial charge in [0.25, 0.3) is 5.91 Å². The highest BCUT2D eigenvalue weighted by atomic mass is 16.5. The van der Waals surface area contributed by atoms with Crippen molar-refractivity contribution >= 4 is 16.7 Å². The van der Waals surface area contributed by atoms with Crippen LogP contribution < -0.4 is 10.3 Å². The van der Waals surface area contributed by atoms with Gasteiger partial charge >= 0.3 is 5.56 Å². The van der Waals surface area contributed by atoms with E-state index in [1.165, 1.54) is 29.2 Å². The molecule has 2 saturated carbocycles. The highest BCUT2D eigenvalue weighted by Crippen LogP contribution is 2.44. The van der Waals surface area contributed by atoms with Crippen LogP contribution in [0.1, 0.15) is 71.9 Å². The van der Waals surface area contributed by atoms with Gasteiger partial charge < -0.3 is 14.2 Å². The van der Waals surface area contributed by atoms with Crippen molar-refractivity contribution in [1.82, 2.24) is 14.5 Å². The summed E-state index contributed by atoms with van der Waals surface area (Å²) in [5, 5.41) is 2.37. The van der Waals surface area contributed by atoms with Crippen LogP contribution in [0, 0.1) is 5.92 Å². The van der Waals surface area contributed by atoms with Gasteiger partial charge in [-0.3, -0.25) is 9.59 Å². The lowest BCUT2D eigenvalue weighted by Gasteiger charge is -2.35. The Kier molecular flexibility index (Phi) is 6.18. The fourth-order valence-corrected chi connectivity index (χ4v) is 6.69. The smallest absolute Gasteiger partial charge is 0.316 e. The first-order valence-corrected chi connectivity index (χ1v) is 14.3. The van der Waals surface area contributed by atoms with Crippen LogP contribution in [0.3, 0.4) is 0 Å². The topological polar surface area (TPSA) is 64.4 Å². The number of rotatable bonds is 7. The Morgan fingerprint density at radius 1 is 0.846 bits per heavy atom. The van der Waals surface area contributed by atoms with Gasteiger partial charge in [-0.15, -0.1) is 0 Å². The van der Waals surface area contributed by atoms with E-state index in [4.69, 9.17) is 9.72 Å². The summed E-state index contributed by atoms with van der Waals surface area (Å²) in [6, 6.07) is 24.9. The normalized spacial score (nSPS) is 18.4. The van der Waals surface area contributed by atoms with Gasteiger partial charge in [0.1, 0.15) is 12.4 Å². The summed E-state index contributed by atoms with van der Waals surface area (Å²) < 4.78 is 8.17. The number of benzene rings is 3. The van der Waals surface area contributed by atoms with Gasteiger partial charge in [0.15, 0.2) is 5.69 Å². The Morgan fingerprint density at radius 2 is 1.59 bits per heavy atom. The summed E-state index contributed by atoms with van der Waals surface area (Å²) in [5.74, 6) is 1.01. The molecule has 1 amide bonds. The molecule has 39 heavy (non-hydrogen) atoms. The van der Waals surface area contributed by atoms with Gasteiger partial charge in [-0.2, -0.15) is 4.98 Å². The van der Waals surface area contributed by atoms with Crippen LogP contribution >= 0.6 is 0 Å². The molecule has 2 fully saturated rings. The Hall–Kier alpha value is -3.93. The first kappa shape index (κ1) is 24.1. The highest BCUT2D eigenvalue weighted by molar-refractivity contribution is 5.96. The zero-order valence-corrected chi connectivity index (χ0v) is 22.1. The van der Waals surface area contributed by atoms with E-state index in [-0.39, 0.29) is 30.2 Å². The largest absolute Gasteiger partial charge is 0.481 e. The second-order valence-electron chi connectivity index (χ2n) is 11.2. The van der Waals surface area contributed by atoms with Crippen molar-refractivity contribution in [2.75, 3.05) is 6.54 Å². The minimum atomic E-state index is -0.443. The molecule has 7 rings (SSSR count). The average Bonchev–Trinajstić information content (AvgIpc) is 3.67. The summed E-state index contributed by atoms with van der Waals surface area (Å²) in [6.45, 7) is 1.48. The zero-order valence-electron chi connectivity index (χ0n) is 22.1. The number of hydrogen-bond donors (Lipinski definition) is 0. The minimum Gasteiger partial charge on any atom is -0.481 e. The maximum atomic E-state index is 14.0. The molecule has 198 valence electrons. The van der Waals surface area contributed by atoms with E-state index in [1.54, 1.807) is 0 Å². The molecule has 1 aliphatic heterocycles. The van der Waals surface area contributed by atoms with Gasteiger partial charge in [-0.25, -0.2) is 0 Å². The third-order valence-corrected chi connectivity index (χ3v) is 8.72. The van der Waals surface area contributed by atoms with E-state index in [0.717, 1.165) is 31.2 Å². The maximum absolute atomic E-state index is 14.0. The predicted molar refractivity (Wildman–Crippen MR) is 151 cm³/mol. The fourth-order valence-electron chi connectivity index (χ4n) is 6.69. The molecule has 1 atom stereocenters. The van der Waals surface area contributed by atoms with E-state index in [1.807, 2.05) is 39.8 Å². The van der Waals surface area contributed by atoms with Gasteiger partial charge in [0, 0.05) is 25.0 Å². The maximum Gasteiger partial charge on any atom is 0.316 e. The molecule has 2 aliphatic carbocycles. The number of carbonyl (C=O) groups is 1. The summed E-state index contributed by atoms with van der Waals surface area (Å²) in [4.78, 5) is 34.5. The second-order valence-corrected chi connectivity index (χ2v) is 11.2. The first-order chi connectivity index (χ1) is 19.2. The standard InChI is InChI=1S/C33H33N3O3/c37-32-30(39-21-22-9-2-1-3-10-22)29-33(38)35(25-17-18-25)19-20-36(29)31(34-32)28(24-12-4-5-13-24)27-16-8-14-23-11-6-7-15-26(23)27/h1-3,6-11,14-16,24-25,28H,4-5,12-13,17-21H2. The van der Waals surface area contributed by atoms with E-state index in [0.29, 0.717) is 30.5 Å². The minimum absolute atomic E-state index is 0.0616. The van der Waals surface area contributed by atoms with Crippen LogP contribution in [0.4, 0.5) is 0 Å². The second kappa shape index (κ2) is 9.99. The van der Waals surface area contributed by atoms with Gasteiger partial charge in [-0.05, 0) is 53.5 Å². The SMILES string of the molecule is O=C1c2c(OCc3ccccc3)c(=O)nc(C(c3cccc4ccccc34)C3CCCC3)n2CCN1C1CC1. The molecule has 0 saturated heterocycles. The van der Waals surface area contributed by atoms with Crippen LogP contribution in [0.15, 0.2) is 77.6 Å². The van der Waals surface area contributed by atoms with Gasteiger partial charge in [0.2, 0.25) is 5.75 Å². The van der Waals surface area contributed by atoms with Crippen molar-refractivity contribution < 1.29 is 9.53 Å². The van der Waals surface area contributed by atoms with Crippen molar-refractivity contribution in [2.45, 2.75) is 63.6 Å². The third kappa shape index (κ3) is 4.42. The number of ether oxygens (including phenoxy) is 1. The van der Waals surface area contributed by atoms with E-state index in [9.17, 15) is 9.59 Å². The Morgan fingerprint density at radius 3 is 2.38 bits per heavy atom. The highest BCUT2D eigenvalue weighted by Gasteiger charge is 2.41. The Bertz CT molecular complexity index is 1580. The van der Waals surface area contributed by atoms with Crippen LogP contribution in [0.2, 0.25) is 0 Å². The molecular weight excluding hydrogens is 486 g/mol. The number of nitrogens with zero attached hydrogens (tertiary/aromatic N) is 3. The van der Waals surface area contributed by atoms with Crippen LogP contribution in [-0.4, -0.2) is 32.9 Å². The Balaban J connectivity index is 1.40. The summed E-state index contributed by atoms with van der Waals surface area (Å²) in [5.41, 5.74) is 2.07. The predicted octanol–water partition coefficient (Wildman–Crippen LogP) is 5.92. The quantitative estimate of drug-likeness (QED) is 0.304. The Labute approximate surface area is 228 Å². The molecule has 4 aromatic rings. The van der Waals surface area contributed by atoms with Crippen molar-refractivity contribution in [2.24, 2.45) is 5.92 Å². The fraction of sp³-hybridized carbons (Fsp3) is 0.364. The van der Waals surface area contributed by atoms with Crippen molar-refractivity contribution in [3.63, 3.8) is 0 Å². The van der Waals surface area contributed by atoms with Crippen molar-refractivity contribution in [3.8, 4) is 5.75 Å². The average molecular weight is 520 g/mol. The van der Waals surface area contributed by atoms with E-state index < -0.39 is 5.56 Å². The molecule has 2 heterocycles. The van der Waals surface area contributed by atoms with Gasteiger partial charge in [0.05, 0.1) is 0 Å². The third-order valence-electron chi connectivity index (χ3n) is 8.72. The molecule has 0 bridgehead atoms. The number of carbonyl (C=O) groups excluding carboxylic acids is 1. The monoisotopic (exact) mass is 519 g/mol. The summed E-state index contributed by atoms with van der Waals surface area (Å²) in [6.07, 6.45) is 6.58. The van der Waals surface area contributed by atoms with Crippen LogP contribution in [-0.2, 0) is 13.2 Å². The number of fused-ring (bicyclic) bond motifs is 2. The zero-order chi connectivity index (χ0) is 26.3. The van der Waals surface area contributed by atoms with E-state index >= 15 is 0 Å². The van der Waals surface area contributed by atoms with Crippen LogP contribution in [0.5, 0.6) is 5.75 Å². The molecule has 0 N–H and O–H groups in total. The number of aromatic nitrogens is 2. The molecule has 6 nitrogen and oxygen atoms in total. The lowest BCUT2D eigenvalue weighted by atomic mass is 9.81. The van der Waals surface area contributed by atoms with Gasteiger partial charge in [-0.1, -0.05) is 85.6 Å². The molecule has 3 aliphatic rings. The lowest BCUT2D eigenvalue weighted by molar-refractivity contribution is 0.0674. The van der Waals surface area contributed by atoms with Crippen molar-refractivity contribution in [3.05, 3.63) is 106 Å². The summed E-state index contributed by atoms with van der Waals surface area (Å²) in [7, 11) is 0. The molecule has 3 aromatic carbocycles. The lowest BCUT2D eigenvalue weighted by Crippen LogP contribution is -2.45. The van der Waals surface area contributed by atoms with Crippen LogP contribution in [0.25, 0.3) is 10.8 Å². The molecule has 0 radical (unpaired) electrons. The summed E-state index contributed by atoms with van der Waals surface area (Å²) >= 11 is 0. The molecular formula is C33H33N3O3. The molecule has 6 heteroatoms. The molecule has 1 unspecified atom stereocenters.